The fourth-order valence-electron chi connectivity index (χ4n) is 2.74. The number of nitrogens with zero attached hydrogens (tertiary/aromatic N) is 3. The molecule has 0 radical (unpaired) electrons. The van der Waals surface area contributed by atoms with Gasteiger partial charge in [0.2, 0.25) is 0 Å². The van der Waals surface area contributed by atoms with Crippen LogP contribution in [0.4, 0.5) is 10.1 Å². The quantitative estimate of drug-likeness (QED) is 0.770. The molecule has 5 heteroatoms. The molecule has 2 aliphatic rings. The van der Waals surface area contributed by atoms with Gasteiger partial charge in [0.1, 0.15) is 5.69 Å². The van der Waals surface area contributed by atoms with Crippen molar-refractivity contribution in [1.82, 2.24) is 9.88 Å². The molecule has 1 atom stereocenters. The van der Waals surface area contributed by atoms with Gasteiger partial charge in [0.25, 0.3) is 0 Å². The molecule has 0 N–H and O–H groups in total. The number of hydrogen-bond acceptors (Lipinski definition) is 4. The summed E-state index contributed by atoms with van der Waals surface area (Å²) in [6.45, 7) is 6.35. The van der Waals surface area contributed by atoms with E-state index in [1.54, 1.807) is 0 Å². The second-order valence-electron chi connectivity index (χ2n) is 5.64. The van der Waals surface area contributed by atoms with Gasteiger partial charge < -0.3 is 14.5 Å². The van der Waals surface area contributed by atoms with E-state index >= 15 is 0 Å². The molecule has 0 bridgehead atoms. The highest BCUT2D eigenvalue weighted by molar-refractivity contribution is 5.62. The SMILES string of the molecule is C[C@H]1COc2c(ncc(F)c2N2CCN(C)CC2)C1. The molecule has 0 unspecified atom stereocenters. The zero-order valence-corrected chi connectivity index (χ0v) is 11.5. The number of anilines is 1. The van der Waals surface area contributed by atoms with E-state index in [1.807, 2.05) is 0 Å². The first-order chi connectivity index (χ1) is 9.15. The smallest absolute Gasteiger partial charge is 0.168 e. The number of rotatable bonds is 1. The first-order valence-corrected chi connectivity index (χ1v) is 6.89. The van der Waals surface area contributed by atoms with Gasteiger partial charge in [0, 0.05) is 26.2 Å². The highest BCUT2D eigenvalue weighted by atomic mass is 19.1. The maximum Gasteiger partial charge on any atom is 0.168 e. The fourth-order valence-corrected chi connectivity index (χ4v) is 2.74. The van der Waals surface area contributed by atoms with Crippen LogP contribution in [-0.2, 0) is 6.42 Å². The van der Waals surface area contributed by atoms with Crippen LogP contribution in [0.2, 0.25) is 0 Å². The molecule has 0 aromatic carbocycles. The van der Waals surface area contributed by atoms with Crippen LogP contribution in [0.5, 0.6) is 5.75 Å². The Morgan fingerprint density at radius 1 is 1.32 bits per heavy atom. The lowest BCUT2D eigenvalue weighted by molar-refractivity contribution is 0.228. The van der Waals surface area contributed by atoms with Crippen LogP contribution in [-0.4, -0.2) is 49.7 Å². The number of pyridine rings is 1. The van der Waals surface area contributed by atoms with Crippen molar-refractivity contribution in [2.45, 2.75) is 13.3 Å². The number of ether oxygens (including phenoxy) is 1. The standard InChI is InChI=1S/C14H20FN3O/c1-10-7-12-14(19-9-10)13(11(15)8-16-12)18-5-3-17(2)4-6-18/h8,10H,3-7,9H2,1-2H3/t10-/m1/s1. The van der Waals surface area contributed by atoms with E-state index in [-0.39, 0.29) is 5.82 Å². The lowest BCUT2D eigenvalue weighted by atomic mass is 10.0. The van der Waals surface area contributed by atoms with Gasteiger partial charge >= 0.3 is 0 Å². The summed E-state index contributed by atoms with van der Waals surface area (Å²) in [6.07, 6.45) is 2.21. The first kappa shape index (κ1) is 12.7. The Balaban J connectivity index is 1.94. The largest absolute Gasteiger partial charge is 0.489 e. The maximum atomic E-state index is 14.2. The Hall–Kier alpha value is -1.36. The molecule has 2 aliphatic heterocycles. The summed E-state index contributed by atoms with van der Waals surface area (Å²) in [5.41, 5.74) is 1.51. The third-order valence-corrected chi connectivity index (χ3v) is 3.91. The predicted octanol–water partition coefficient (Wildman–Crippen LogP) is 1.54. The monoisotopic (exact) mass is 265 g/mol. The van der Waals surface area contributed by atoms with Gasteiger partial charge in [-0.05, 0) is 19.4 Å². The minimum Gasteiger partial charge on any atom is -0.489 e. The topological polar surface area (TPSA) is 28.6 Å². The molecular formula is C14H20FN3O. The number of aromatic nitrogens is 1. The molecule has 1 fully saturated rings. The lowest BCUT2D eigenvalue weighted by Gasteiger charge is -2.36. The molecule has 1 saturated heterocycles. The average Bonchev–Trinajstić information content (AvgIpc) is 2.40. The van der Waals surface area contributed by atoms with Crippen molar-refractivity contribution in [3.8, 4) is 5.75 Å². The molecule has 0 amide bonds. The summed E-state index contributed by atoms with van der Waals surface area (Å²) in [7, 11) is 2.09. The maximum absolute atomic E-state index is 14.2. The molecular weight excluding hydrogens is 245 g/mol. The highest BCUT2D eigenvalue weighted by Crippen LogP contribution is 2.37. The summed E-state index contributed by atoms with van der Waals surface area (Å²) in [4.78, 5) is 8.55. The number of hydrogen-bond donors (Lipinski definition) is 0. The van der Waals surface area contributed by atoms with Crippen molar-refractivity contribution in [3.05, 3.63) is 17.7 Å². The molecule has 3 rings (SSSR count). The van der Waals surface area contributed by atoms with Gasteiger partial charge in [-0.1, -0.05) is 6.92 Å². The van der Waals surface area contributed by atoms with Crippen molar-refractivity contribution >= 4 is 5.69 Å². The Morgan fingerprint density at radius 3 is 2.79 bits per heavy atom. The average molecular weight is 265 g/mol. The van der Waals surface area contributed by atoms with Crippen LogP contribution < -0.4 is 9.64 Å². The number of halogens is 1. The van der Waals surface area contributed by atoms with E-state index in [9.17, 15) is 4.39 Å². The summed E-state index contributed by atoms with van der Waals surface area (Å²) in [5, 5.41) is 0. The van der Waals surface area contributed by atoms with E-state index in [0.29, 0.717) is 24.0 Å². The van der Waals surface area contributed by atoms with Crippen LogP contribution >= 0.6 is 0 Å². The van der Waals surface area contributed by atoms with Gasteiger partial charge in [0.05, 0.1) is 18.5 Å². The second-order valence-corrected chi connectivity index (χ2v) is 5.64. The zero-order valence-electron chi connectivity index (χ0n) is 11.5. The fraction of sp³-hybridized carbons (Fsp3) is 0.643. The van der Waals surface area contributed by atoms with Crippen molar-refractivity contribution in [3.63, 3.8) is 0 Å². The normalized spacial score (nSPS) is 23.9. The van der Waals surface area contributed by atoms with Crippen molar-refractivity contribution in [2.75, 3.05) is 44.7 Å². The Morgan fingerprint density at radius 2 is 2.05 bits per heavy atom. The van der Waals surface area contributed by atoms with Crippen LogP contribution in [0, 0.1) is 11.7 Å². The number of piperazine rings is 1. The Bertz CT molecular complexity index is 472. The van der Waals surface area contributed by atoms with Gasteiger partial charge in [-0.3, -0.25) is 4.98 Å². The van der Waals surface area contributed by atoms with Crippen molar-refractivity contribution < 1.29 is 9.13 Å². The summed E-state index contributed by atoms with van der Waals surface area (Å²) >= 11 is 0. The number of fused-ring (bicyclic) bond motifs is 1. The molecule has 4 nitrogen and oxygen atoms in total. The first-order valence-electron chi connectivity index (χ1n) is 6.89. The molecule has 1 aromatic heterocycles. The molecule has 3 heterocycles. The molecule has 0 aliphatic carbocycles. The third-order valence-electron chi connectivity index (χ3n) is 3.91. The lowest BCUT2D eigenvalue weighted by Crippen LogP contribution is -2.45. The van der Waals surface area contributed by atoms with Gasteiger partial charge in [-0.15, -0.1) is 0 Å². The summed E-state index contributed by atoms with van der Waals surface area (Å²) in [6, 6.07) is 0. The molecule has 19 heavy (non-hydrogen) atoms. The molecule has 0 saturated carbocycles. The summed E-state index contributed by atoms with van der Waals surface area (Å²) < 4.78 is 19.9. The van der Waals surface area contributed by atoms with Crippen molar-refractivity contribution in [2.24, 2.45) is 5.92 Å². The zero-order chi connectivity index (χ0) is 13.4. The van der Waals surface area contributed by atoms with E-state index in [1.165, 1.54) is 6.20 Å². The second kappa shape index (κ2) is 4.96. The Kier molecular flexibility index (Phi) is 3.31. The van der Waals surface area contributed by atoms with E-state index in [4.69, 9.17) is 4.74 Å². The van der Waals surface area contributed by atoms with E-state index in [0.717, 1.165) is 38.3 Å². The van der Waals surface area contributed by atoms with Crippen molar-refractivity contribution in [1.29, 1.82) is 0 Å². The van der Waals surface area contributed by atoms with Gasteiger partial charge in [0.15, 0.2) is 11.6 Å². The van der Waals surface area contributed by atoms with Crippen LogP contribution in [0.15, 0.2) is 6.20 Å². The highest BCUT2D eigenvalue weighted by Gasteiger charge is 2.27. The van der Waals surface area contributed by atoms with Gasteiger partial charge in [-0.2, -0.15) is 0 Å². The minimum atomic E-state index is -0.266. The number of likely N-dealkylation sites (N-methyl/N-ethyl adjacent to an activating group) is 1. The minimum absolute atomic E-state index is 0.266. The predicted molar refractivity (Wildman–Crippen MR) is 72.3 cm³/mol. The van der Waals surface area contributed by atoms with Gasteiger partial charge in [-0.25, -0.2) is 4.39 Å². The van der Waals surface area contributed by atoms with Crippen LogP contribution in [0.1, 0.15) is 12.6 Å². The van der Waals surface area contributed by atoms with E-state index < -0.39 is 0 Å². The molecule has 104 valence electrons. The molecule has 1 aromatic rings. The summed E-state index contributed by atoms with van der Waals surface area (Å²) in [5.74, 6) is 0.853. The van der Waals surface area contributed by atoms with E-state index in [2.05, 4.69) is 28.8 Å². The Labute approximate surface area is 113 Å². The third kappa shape index (κ3) is 2.39. The molecule has 0 spiro atoms. The van der Waals surface area contributed by atoms with Crippen LogP contribution in [0.25, 0.3) is 0 Å². The van der Waals surface area contributed by atoms with Crippen LogP contribution in [0.3, 0.4) is 0 Å².